The first kappa shape index (κ1) is 19.8. The van der Waals surface area contributed by atoms with Gasteiger partial charge >= 0.3 is 0 Å². The maximum absolute atomic E-state index is 12.8. The van der Waals surface area contributed by atoms with E-state index in [-0.39, 0.29) is 11.8 Å². The molecular weight excluding hydrogens is 366 g/mol. The van der Waals surface area contributed by atoms with E-state index in [1.54, 1.807) is 6.20 Å². The van der Waals surface area contributed by atoms with Gasteiger partial charge in [-0.1, -0.05) is 26.0 Å². The highest BCUT2D eigenvalue weighted by atomic mass is 16.2. The second-order valence-electron chi connectivity index (χ2n) is 8.56. The van der Waals surface area contributed by atoms with Crippen LogP contribution < -0.4 is 0 Å². The van der Waals surface area contributed by atoms with Crippen LogP contribution in [0.3, 0.4) is 0 Å². The van der Waals surface area contributed by atoms with Gasteiger partial charge in [-0.3, -0.25) is 19.5 Å². The summed E-state index contributed by atoms with van der Waals surface area (Å²) in [7, 11) is 0. The number of amides is 2. The van der Waals surface area contributed by atoms with Gasteiger partial charge in [0.2, 0.25) is 5.91 Å². The molecule has 2 atom stereocenters. The number of benzene rings is 1. The summed E-state index contributed by atoms with van der Waals surface area (Å²) in [5.74, 6) is 1.26. The number of carbonyl (C=O) groups excluding carboxylic acids is 2. The fraction of sp³-hybridized carbons (Fsp3) is 0.545. The quantitative estimate of drug-likeness (QED) is 0.794. The summed E-state index contributed by atoms with van der Waals surface area (Å²) >= 11 is 0. The third-order valence-corrected chi connectivity index (χ3v) is 5.91. The molecule has 154 valence electrons. The number of hydrogen-bond acceptors (Lipinski definition) is 5. The minimum atomic E-state index is -0.0899. The van der Waals surface area contributed by atoms with Crippen molar-refractivity contribution in [3.8, 4) is 0 Å². The smallest absolute Gasteiger partial charge is 0.274 e. The molecule has 1 aromatic heterocycles. The maximum Gasteiger partial charge on any atom is 0.274 e. The van der Waals surface area contributed by atoms with Crippen LogP contribution in [-0.2, 0) is 4.79 Å². The van der Waals surface area contributed by atoms with Crippen LogP contribution in [0.5, 0.6) is 0 Å². The van der Waals surface area contributed by atoms with E-state index in [9.17, 15) is 9.59 Å². The van der Waals surface area contributed by atoms with Crippen molar-refractivity contribution < 1.29 is 9.59 Å². The minimum Gasteiger partial charge on any atom is -0.341 e. The molecule has 7 heteroatoms. The summed E-state index contributed by atoms with van der Waals surface area (Å²) < 4.78 is 0. The first-order chi connectivity index (χ1) is 14.0. The summed E-state index contributed by atoms with van der Waals surface area (Å²) in [5, 5.41) is 0. The number of piperazine rings is 1. The largest absolute Gasteiger partial charge is 0.341 e. The molecule has 2 saturated heterocycles. The van der Waals surface area contributed by atoms with E-state index in [0.29, 0.717) is 50.3 Å². The van der Waals surface area contributed by atoms with Crippen molar-refractivity contribution in [2.24, 2.45) is 11.8 Å². The Morgan fingerprint density at radius 1 is 0.966 bits per heavy atom. The highest BCUT2D eigenvalue weighted by Gasteiger charge is 2.28. The van der Waals surface area contributed by atoms with Crippen LogP contribution in [0.1, 0.15) is 30.8 Å². The van der Waals surface area contributed by atoms with Crippen molar-refractivity contribution >= 4 is 22.8 Å². The average Bonchev–Trinajstić information content (AvgIpc) is 2.72. The normalized spacial score (nSPS) is 23.4. The number of fused-ring (bicyclic) bond motifs is 1. The molecule has 2 unspecified atom stereocenters. The van der Waals surface area contributed by atoms with E-state index in [1.165, 1.54) is 6.42 Å². The number of carbonyl (C=O) groups is 2. The van der Waals surface area contributed by atoms with Gasteiger partial charge in [0.15, 0.2) is 0 Å². The molecular formula is C22H29N5O2. The lowest BCUT2D eigenvalue weighted by molar-refractivity contribution is -0.135. The van der Waals surface area contributed by atoms with Crippen LogP contribution in [0.25, 0.3) is 11.0 Å². The van der Waals surface area contributed by atoms with Crippen molar-refractivity contribution in [1.29, 1.82) is 0 Å². The molecule has 0 aliphatic carbocycles. The Bertz CT molecular complexity index is 884. The van der Waals surface area contributed by atoms with Gasteiger partial charge in [0.1, 0.15) is 5.69 Å². The van der Waals surface area contributed by atoms with Gasteiger partial charge in [-0.25, -0.2) is 4.98 Å². The van der Waals surface area contributed by atoms with Gasteiger partial charge in [0.05, 0.1) is 23.8 Å². The van der Waals surface area contributed by atoms with Crippen molar-refractivity contribution in [1.82, 2.24) is 24.7 Å². The molecule has 7 nitrogen and oxygen atoms in total. The Morgan fingerprint density at radius 2 is 1.62 bits per heavy atom. The summed E-state index contributed by atoms with van der Waals surface area (Å²) in [6.45, 7) is 9.23. The molecule has 3 heterocycles. The van der Waals surface area contributed by atoms with Crippen LogP contribution in [-0.4, -0.2) is 82.3 Å². The lowest BCUT2D eigenvalue weighted by Gasteiger charge is -2.38. The van der Waals surface area contributed by atoms with E-state index < -0.39 is 0 Å². The van der Waals surface area contributed by atoms with Crippen LogP contribution in [0, 0.1) is 11.8 Å². The fourth-order valence-electron chi connectivity index (χ4n) is 4.49. The molecule has 0 radical (unpaired) electrons. The second-order valence-corrected chi connectivity index (χ2v) is 8.56. The lowest BCUT2D eigenvalue weighted by atomic mass is 9.92. The first-order valence-electron chi connectivity index (χ1n) is 10.5. The zero-order valence-corrected chi connectivity index (χ0v) is 17.3. The van der Waals surface area contributed by atoms with E-state index in [2.05, 4.69) is 28.7 Å². The highest BCUT2D eigenvalue weighted by molar-refractivity contribution is 5.93. The number of nitrogens with zero attached hydrogens (tertiary/aromatic N) is 5. The van der Waals surface area contributed by atoms with Gasteiger partial charge < -0.3 is 9.80 Å². The standard InChI is InChI=1S/C22H29N5O2/c1-16-11-17(2)14-27(13-16)21(28)15-25-7-9-26(10-8-25)22(29)20-12-23-18-5-3-4-6-19(18)24-20/h3-6,12,16-17H,7-11,13-15H2,1-2H3. The molecule has 2 amide bonds. The topological polar surface area (TPSA) is 69.6 Å². The summed E-state index contributed by atoms with van der Waals surface area (Å²) in [5.41, 5.74) is 1.89. The minimum absolute atomic E-state index is 0.0899. The third-order valence-electron chi connectivity index (χ3n) is 5.91. The van der Waals surface area contributed by atoms with Gasteiger partial charge in [0, 0.05) is 39.3 Å². The zero-order chi connectivity index (χ0) is 20.4. The molecule has 2 aliphatic heterocycles. The van der Waals surface area contributed by atoms with E-state index in [0.717, 1.165) is 24.1 Å². The number of likely N-dealkylation sites (tertiary alicyclic amines) is 1. The average molecular weight is 396 g/mol. The number of piperidine rings is 1. The fourth-order valence-corrected chi connectivity index (χ4v) is 4.49. The van der Waals surface area contributed by atoms with Gasteiger partial charge in [0.25, 0.3) is 5.91 Å². The summed E-state index contributed by atoms with van der Waals surface area (Å²) in [6.07, 6.45) is 2.75. The molecule has 2 fully saturated rings. The van der Waals surface area contributed by atoms with E-state index in [4.69, 9.17) is 0 Å². The van der Waals surface area contributed by atoms with Gasteiger partial charge in [-0.2, -0.15) is 0 Å². The SMILES string of the molecule is CC1CC(C)CN(C(=O)CN2CCN(C(=O)c3cnc4ccccc4n3)CC2)C1. The van der Waals surface area contributed by atoms with Crippen LogP contribution in [0.4, 0.5) is 0 Å². The molecule has 1 aromatic carbocycles. The molecule has 2 aliphatic rings. The Morgan fingerprint density at radius 3 is 2.31 bits per heavy atom. The predicted octanol–water partition coefficient (Wildman–Crippen LogP) is 1.89. The second kappa shape index (κ2) is 8.45. The molecule has 2 aromatic rings. The number of rotatable bonds is 3. The third kappa shape index (κ3) is 4.56. The Kier molecular flexibility index (Phi) is 5.76. The number of hydrogen-bond donors (Lipinski definition) is 0. The molecule has 0 N–H and O–H groups in total. The van der Waals surface area contributed by atoms with Crippen LogP contribution in [0.15, 0.2) is 30.5 Å². The Hall–Kier alpha value is -2.54. The van der Waals surface area contributed by atoms with E-state index >= 15 is 0 Å². The van der Waals surface area contributed by atoms with Crippen molar-refractivity contribution in [3.05, 3.63) is 36.2 Å². The zero-order valence-electron chi connectivity index (χ0n) is 17.3. The Labute approximate surface area is 171 Å². The monoisotopic (exact) mass is 395 g/mol. The molecule has 4 rings (SSSR count). The van der Waals surface area contributed by atoms with Crippen molar-refractivity contribution in [3.63, 3.8) is 0 Å². The maximum atomic E-state index is 12.8. The Balaban J connectivity index is 1.31. The molecule has 0 spiro atoms. The van der Waals surface area contributed by atoms with Gasteiger partial charge in [-0.05, 0) is 30.4 Å². The predicted molar refractivity (Wildman–Crippen MR) is 111 cm³/mol. The molecule has 0 saturated carbocycles. The molecule has 0 bridgehead atoms. The van der Waals surface area contributed by atoms with Crippen molar-refractivity contribution in [2.75, 3.05) is 45.8 Å². The first-order valence-corrected chi connectivity index (χ1v) is 10.5. The number of aromatic nitrogens is 2. The van der Waals surface area contributed by atoms with Gasteiger partial charge in [-0.15, -0.1) is 0 Å². The summed E-state index contributed by atoms with van der Waals surface area (Å²) in [6, 6.07) is 7.55. The van der Waals surface area contributed by atoms with Crippen molar-refractivity contribution in [2.45, 2.75) is 20.3 Å². The lowest BCUT2D eigenvalue weighted by Crippen LogP contribution is -2.53. The van der Waals surface area contributed by atoms with Crippen LogP contribution >= 0.6 is 0 Å². The molecule has 29 heavy (non-hydrogen) atoms. The number of para-hydroxylation sites is 2. The van der Waals surface area contributed by atoms with Crippen LogP contribution in [0.2, 0.25) is 0 Å². The highest BCUT2D eigenvalue weighted by Crippen LogP contribution is 2.21. The van der Waals surface area contributed by atoms with E-state index in [1.807, 2.05) is 34.1 Å². The summed E-state index contributed by atoms with van der Waals surface area (Å²) in [4.78, 5) is 40.3.